The van der Waals surface area contributed by atoms with Gasteiger partial charge in [-0.25, -0.2) is 8.78 Å². The molecule has 0 aliphatic heterocycles. The van der Waals surface area contributed by atoms with E-state index in [-0.39, 0.29) is 5.56 Å². The lowest BCUT2D eigenvalue weighted by atomic mass is 9.95. The number of pyridine rings is 1. The van der Waals surface area contributed by atoms with Gasteiger partial charge in [0.15, 0.2) is 0 Å². The quantitative estimate of drug-likeness (QED) is 0.762. The second-order valence-electron chi connectivity index (χ2n) is 3.35. The molecule has 0 spiro atoms. The monoisotopic (exact) mass is 186 g/mol. The molecular formula is C9H12F2N2. The molecule has 0 aliphatic carbocycles. The van der Waals surface area contributed by atoms with Crippen molar-refractivity contribution in [3.63, 3.8) is 0 Å². The Morgan fingerprint density at radius 1 is 1.23 bits per heavy atom. The molecular weight excluding hydrogens is 174 g/mol. The van der Waals surface area contributed by atoms with E-state index in [0.29, 0.717) is 0 Å². The van der Waals surface area contributed by atoms with E-state index in [0.717, 1.165) is 12.4 Å². The maximum atomic E-state index is 13.2. The average Bonchev–Trinajstić information content (AvgIpc) is 2.03. The van der Waals surface area contributed by atoms with Crippen molar-refractivity contribution < 1.29 is 8.78 Å². The van der Waals surface area contributed by atoms with Gasteiger partial charge in [0.2, 0.25) is 0 Å². The molecule has 0 aliphatic rings. The van der Waals surface area contributed by atoms with Crippen molar-refractivity contribution in [2.75, 3.05) is 7.05 Å². The molecule has 1 aromatic rings. The van der Waals surface area contributed by atoms with E-state index in [1.807, 2.05) is 0 Å². The van der Waals surface area contributed by atoms with Gasteiger partial charge in [-0.05, 0) is 20.9 Å². The van der Waals surface area contributed by atoms with Gasteiger partial charge in [0.05, 0.1) is 12.4 Å². The molecule has 13 heavy (non-hydrogen) atoms. The normalized spacial score (nSPS) is 11.8. The molecule has 0 bridgehead atoms. The summed E-state index contributed by atoms with van der Waals surface area (Å²) in [7, 11) is 1.65. The number of rotatable bonds is 2. The largest absolute Gasteiger partial charge is 0.311 e. The van der Waals surface area contributed by atoms with Crippen LogP contribution >= 0.6 is 0 Å². The smallest absolute Gasteiger partial charge is 0.149 e. The fourth-order valence-electron chi connectivity index (χ4n) is 1.13. The molecule has 2 nitrogen and oxygen atoms in total. The zero-order chi connectivity index (χ0) is 10.1. The summed E-state index contributed by atoms with van der Waals surface area (Å²) in [4.78, 5) is 3.41. The number of nitrogens with one attached hydrogen (secondary N) is 1. The van der Waals surface area contributed by atoms with Gasteiger partial charge in [0.1, 0.15) is 11.6 Å². The molecule has 4 heteroatoms. The van der Waals surface area contributed by atoms with Gasteiger partial charge in [-0.2, -0.15) is 0 Å². The van der Waals surface area contributed by atoms with Crippen molar-refractivity contribution in [2.45, 2.75) is 19.4 Å². The van der Waals surface area contributed by atoms with Crippen LogP contribution < -0.4 is 5.32 Å². The van der Waals surface area contributed by atoms with Crippen LogP contribution in [-0.4, -0.2) is 12.0 Å². The molecule has 1 aromatic heterocycles. The molecule has 1 heterocycles. The number of aromatic nitrogens is 1. The Balaban J connectivity index is 3.28. The standard InChI is InChI=1S/C9H12F2N2/c1-9(2,12-3)8-6(10)4-13-5-7(8)11/h4-5,12H,1-3H3. The first kappa shape index (κ1) is 10.1. The maximum Gasteiger partial charge on any atom is 0.149 e. The average molecular weight is 186 g/mol. The van der Waals surface area contributed by atoms with Crippen LogP contribution in [0.3, 0.4) is 0 Å². The Kier molecular flexibility index (Phi) is 2.61. The van der Waals surface area contributed by atoms with Crippen LogP contribution in [0, 0.1) is 11.6 Å². The second-order valence-corrected chi connectivity index (χ2v) is 3.35. The van der Waals surface area contributed by atoms with Gasteiger partial charge >= 0.3 is 0 Å². The fourth-order valence-corrected chi connectivity index (χ4v) is 1.13. The second kappa shape index (κ2) is 3.38. The Morgan fingerprint density at radius 2 is 1.69 bits per heavy atom. The third-order valence-electron chi connectivity index (χ3n) is 2.10. The van der Waals surface area contributed by atoms with Gasteiger partial charge in [-0.15, -0.1) is 0 Å². The highest BCUT2D eigenvalue weighted by Crippen LogP contribution is 2.24. The van der Waals surface area contributed by atoms with Gasteiger partial charge in [0.25, 0.3) is 0 Å². The lowest BCUT2D eigenvalue weighted by Gasteiger charge is -2.25. The lowest BCUT2D eigenvalue weighted by Crippen LogP contribution is -2.35. The third-order valence-corrected chi connectivity index (χ3v) is 2.10. The maximum absolute atomic E-state index is 13.2. The predicted octanol–water partition coefficient (Wildman–Crippen LogP) is 1.81. The molecule has 0 unspecified atom stereocenters. The molecule has 0 radical (unpaired) electrons. The summed E-state index contributed by atoms with van der Waals surface area (Å²) in [6.07, 6.45) is 2.02. The molecule has 0 saturated carbocycles. The van der Waals surface area contributed by atoms with E-state index in [2.05, 4.69) is 10.3 Å². The van der Waals surface area contributed by atoms with E-state index in [4.69, 9.17) is 0 Å². The lowest BCUT2D eigenvalue weighted by molar-refractivity contribution is 0.392. The van der Waals surface area contributed by atoms with E-state index in [1.54, 1.807) is 20.9 Å². The van der Waals surface area contributed by atoms with E-state index < -0.39 is 17.2 Å². The van der Waals surface area contributed by atoms with Gasteiger partial charge in [-0.1, -0.05) is 0 Å². The van der Waals surface area contributed by atoms with E-state index in [1.165, 1.54) is 0 Å². The SMILES string of the molecule is CNC(C)(C)c1c(F)cncc1F. The summed E-state index contributed by atoms with van der Waals surface area (Å²) < 4.78 is 26.4. The van der Waals surface area contributed by atoms with Crippen LogP contribution in [0.1, 0.15) is 19.4 Å². The minimum Gasteiger partial charge on any atom is -0.311 e. The number of hydrogen-bond acceptors (Lipinski definition) is 2. The Labute approximate surface area is 76.0 Å². The molecule has 0 amide bonds. The summed E-state index contributed by atoms with van der Waals surface area (Å²) in [5, 5.41) is 2.83. The molecule has 1 N–H and O–H groups in total. The molecule has 72 valence electrons. The Bertz CT molecular complexity index is 290. The van der Waals surface area contributed by atoms with E-state index in [9.17, 15) is 8.78 Å². The number of halogens is 2. The molecule has 0 fully saturated rings. The first-order valence-electron chi connectivity index (χ1n) is 3.97. The summed E-state index contributed by atoms with van der Waals surface area (Å²) in [6.45, 7) is 3.41. The first-order valence-corrected chi connectivity index (χ1v) is 3.97. The third kappa shape index (κ3) is 1.83. The van der Waals surface area contributed by atoms with Crippen molar-refractivity contribution in [3.8, 4) is 0 Å². The highest BCUT2D eigenvalue weighted by molar-refractivity contribution is 5.23. The Hall–Kier alpha value is -1.03. The topological polar surface area (TPSA) is 24.9 Å². The summed E-state index contributed by atoms with van der Waals surface area (Å²) >= 11 is 0. The van der Waals surface area contributed by atoms with Crippen LogP contribution in [0.15, 0.2) is 12.4 Å². The number of nitrogens with zero attached hydrogens (tertiary/aromatic N) is 1. The summed E-state index contributed by atoms with van der Waals surface area (Å²) in [5.41, 5.74) is -0.707. The van der Waals surface area contributed by atoms with Crippen molar-refractivity contribution in [1.29, 1.82) is 0 Å². The van der Waals surface area contributed by atoms with Crippen LogP contribution in [0.2, 0.25) is 0 Å². The van der Waals surface area contributed by atoms with Crippen molar-refractivity contribution in [2.24, 2.45) is 0 Å². The van der Waals surface area contributed by atoms with Gasteiger partial charge in [-0.3, -0.25) is 4.98 Å². The zero-order valence-corrected chi connectivity index (χ0v) is 7.86. The van der Waals surface area contributed by atoms with E-state index >= 15 is 0 Å². The van der Waals surface area contributed by atoms with Gasteiger partial charge < -0.3 is 5.32 Å². The molecule has 0 aromatic carbocycles. The zero-order valence-electron chi connectivity index (χ0n) is 7.86. The summed E-state index contributed by atoms with van der Waals surface area (Å²) in [6, 6.07) is 0. The van der Waals surface area contributed by atoms with Gasteiger partial charge in [0, 0.05) is 11.1 Å². The first-order chi connectivity index (χ1) is 5.99. The highest BCUT2D eigenvalue weighted by atomic mass is 19.1. The van der Waals surface area contributed by atoms with Crippen molar-refractivity contribution in [1.82, 2.24) is 10.3 Å². The molecule has 0 atom stereocenters. The van der Waals surface area contributed by atoms with Crippen molar-refractivity contribution in [3.05, 3.63) is 29.6 Å². The predicted molar refractivity (Wildman–Crippen MR) is 46.2 cm³/mol. The minimum absolute atomic E-state index is 0.0185. The fraction of sp³-hybridized carbons (Fsp3) is 0.444. The van der Waals surface area contributed by atoms with Crippen LogP contribution in [0.5, 0.6) is 0 Å². The number of hydrogen-bond donors (Lipinski definition) is 1. The summed E-state index contributed by atoms with van der Waals surface area (Å²) in [5.74, 6) is -1.25. The Morgan fingerprint density at radius 3 is 2.08 bits per heavy atom. The minimum atomic E-state index is -0.725. The van der Waals surface area contributed by atoms with Crippen LogP contribution in [0.25, 0.3) is 0 Å². The van der Waals surface area contributed by atoms with Crippen LogP contribution in [-0.2, 0) is 5.54 Å². The highest BCUT2D eigenvalue weighted by Gasteiger charge is 2.25. The van der Waals surface area contributed by atoms with Crippen molar-refractivity contribution >= 4 is 0 Å². The van der Waals surface area contributed by atoms with Crippen LogP contribution in [0.4, 0.5) is 8.78 Å². The molecule has 1 rings (SSSR count). The molecule has 0 saturated heterocycles.